The molecule has 0 saturated carbocycles. The number of nitrogens with one attached hydrogen (secondary N) is 1. The van der Waals surface area contributed by atoms with Crippen LogP contribution in [-0.2, 0) is 16.6 Å². The number of benzene rings is 3. The van der Waals surface area contributed by atoms with Gasteiger partial charge < -0.3 is 14.7 Å². The van der Waals surface area contributed by atoms with E-state index >= 15 is 0 Å². The van der Waals surface area contributed by atoms with Crippen LogP contribution in [0, 0.1) is 5.92 Å². The standard InChI is InChI=1S/C29H35N3O5S/c1-21-17-32(22(2)20-33)29(34)26-16-24(30-38(35,36)25-12-8-5-9-13-25)14-15-27(26)37-28(21)19-31(3)18-23-10-6-4-7-11-23/h4-16,21-22,28,30,33H,17-20H2,1-3H3/t21-,22-,28+/m0/s1. The van der Waals surface area contributed by atoms with Crippen LogP contribution in [0.15, 0.2) is 83.8 Å². The van der Waals surface area contributed by atoms with Crippen molar-refractivity contribution in [3.63, 3.8) is 0 Å². The zero-order chi connectivity index (χ0) is 27.3. The van der Waals surface area contributed by atoms with E-state index in [4.69, 9.17) is 4.74 Å². The monoisotopic (exact) mass is 537 g/mol. The molecule has 0 spiro atoms. The molecule has 38 heavy (non-hydrogen) atoms. The van der Waals surface area contributed by atoms with E-state index in [2.05, 4.69) is 21.8 Å². The molecule has 0 bridgehead atoms. The number of carbonyl (C=O) groups is 1. The first-order valence-corrected chi connectivity index (χ1v) is 14.2. The minimum atomic E-state index is -3.84. The Balaban J connectivity index is 1.63. The van der Waals surface area contributed by atoms with E-state index < -0.39 is 16.1 Å². The van der Waals surface area contributed by atoms with Crippen LogP contribution in [0.5, 0.6) is 5.75 Å². The third kappa shape index (κ3) is 6.53. The molecule has 9 heteroatoms. The number of carbonyl (C=O) groups excluding carboxylic acids is 1. The van der Waals surface area contributed by atoms with Crippen molar-refractivity contribution in [1.29, 1.82) is 0 Å². The lowest BCUT2D eigenvalue weighted by atomic mass is 9.99. The maximum Gasteiger partial charge on any atom is 0.261 e. The van der Waals surface area contributed by atoms with Gasteiger partial charge in [-0.1, -0.05) is 55.5 Å². The molecule has 3 aromatic carbocycles. The lowest BCUT2D eigenvalue weighted by Gasteiger charge is -2.38. The van der Waals surface area contributed by atoms with Gasteiger partial charge in [-0.2, -0.15) is 0 Å². The number of hydrogen-bond donors (Lipinski definition) is 2. The Bertz CT molecular complexity index is 1330. The highest BCUT2D eigenvalue weighted by atomic mass is 32.2. The zero-order valence-corrected chi connectivity index (χ0v) is 22.8. The number of likely N-dealkylation sites (N-methyl/N-ethyl adjacent to an activating group) is 1. The van der Waals surface area contributed by atoms with Gasteiger partial charge in [-0.15, -0.1) is 0 Å². The van der Waals surface area contributed by atoms with E-state index in [-0.39, 0.29) is 40.7 Å². The number of rotatable bonds is 9. The molecule has 0 unspecified atom stereocenters. The largest absolute Gasteiger partial charge is 0.488 e. The van der Waals surface area contributed by atoms with E-state index in [9.17, 15) is 18.3 Å². The van der Waals surface area contributed by atoms with E-state index in [0.29, 0.717) is 18.8 Å². The molecule has 1 amide bonds. The van der Waals surface area contributed by atoms with Crippen LogP contribution < -0.4 is 9.46 Å². The van der Waals surface area contributed by atoms with Gasteiger partial charge in [0.2, 0.25) is 0 Å². The Morgan fingerprint density at radius 3 is 2.39 bits per heavy atom. The average molecular weight is 538 g/mol. The molecule has 3 aromatic rings. The molecular weight excluding hydrogens is 502 g/mol. The van der Waals surface area contributed by atoms with Gasteiger partial charge in [0, 0.05) is 31.2 Å². The molecule has 0 saturated heterocycles. The first-order valence-electron chi connectivity index (χ1n) is 12.7. The molecule has 2 N–H and O–H groups in total. The first kappa shape index (κ1) is 27.6. The quantitative estimate of drug-likeness (QED) is 0.430. The van der Waals surface area contributed by atoms with Gasteiger partial charge in [-0.05, 0) is 49.9 Å². The Morgan fingerprint density at radius 2 is 1.74 bits per heavy atom. The topological polar surface area (TPSA) is 99.2 Å². The molecule has 202 valence electrons. The number of amides is 1. The highest BCUT2D eigenvalue weighted by Crippen LogP contribution is 2.31. The summed E-state index contributed by atoms with van der Waals surface area (Å²) < 4.78 is 34.8. The first-order chi connectivity index (χ1) is 18.2. The van der Waals surface area contributed by atoms with Crippen molar-refractivity contribution in [1.82, 2.24) is 9.80 Å². The van der Waals surface area contributed by atoms with Crippen LogP contribution in [0.1, 0.15) is 29.8 Å². The number of aliphatic hydroxyl groups excluding tert-OH is 1. The van der Waals surface area contributed by atoms with E-state index in [0.717, 1.165) is 6.54 Å². The average Bonchev–Trinajstić information content (AvgIpc) is 2.91. The summed E-state index contributed by atoms with van der Waals surface area (Å²) in [6.45, 7) is 5.41. The van der Waals surface area contributed by atoms with Crippen molar-refractivity contribution in [2.24, 2.45) is 5.92 Å². The molecule has 1 aliphatic heterocycles. The molecule has 8 nitrogen and oxygen atoms in total. The fourth-order valence-electron chi connectivity index (χ4n) is 4.58. The Labute approximate surface area is 224 Å². The van der Waals surface area contributed by atoms with Gasteiger partial charge in [0.1, 0.15) is 11.9 Å². The van der Waals surface area contributed by atoms with Gasteiger partial charge in [-0.25, -0.2) is 8.42 Å². The fraction of sp³-hybridized carbons (Fsp3) is 0.345. The highest BCUT2D eigenvalue weighted by Gasteiger charge is 2.33. The Kier molecular flexibility index (Phi) is 8.71. The van der Waals surface area contributed by atoms with Gasteiger partial charge >= 0.3 is 0 Å². The van der Waals surface area contributed by atoms with Gasteiger partial charge in [0.05, 0.1) is 23.1 Å². The van der Waals surface area contributed by atoms with Crippen molar-refractivity contribution in [2.75, 3.05) is 31.5 Å². The summed E-state index contributed by atoms with van der Waals surface area (Å²) in [6, 6.07) is 22.6. The summed E-state index contributed by atoms with van der Waals surface area (Å²) >= 11 is 0. The second-order valence-corrected chi connectivity index (χ2v) is 11.6. The number of ether oxygens (including phenoxy) is 1. The molecule has 0 radical (unpaired) electrons. The van der Waals surface area contributed by atoms with Crippen molar-refractivity contribution in [2.45, 2.75) is 37.4 Å². The van der Waals surface area contributed by atoms with Crippen molar-refractivity contribution in [3.05, 3.63) is 90.0 Å². The van der Waals surface area contributed by atoms with Crippen LogP contribution in [-0.4, -0.2) is 68.1 Å². The van der Waals surface area contributed by atoms with Gasteiger partial charge in [-0.3, -0.25) is 14.4 Å². The number of anilines is 1. The Hall–Kier alpha value is -3.40. The third-order valence-corrected chi connectivity index (χ3v) is 8.15. The summed E-state index contributed by atoms with van der Waals surface area (Å²) in [5, 5.41) is 9.89. The smallest absolute Gasteiger partial charge is 0.261 e. The van der Waals surface area contributed by atoms with E-state index in [1.165, 1.54) is 23.8 Å². The molecule has 0 aromatic heterocycles. The molecule has 1 aliphatic rings. The molecule has 0 aliphatic carbocycles. The fourth-order valence-corrected chi connectivity index (χ4v) is 5.66. The molecule has 0 fully saturated rings. The number of nitrogens with zero attached hydrogens (tertiary/aromatic N) is 2. The van der Waals surface area contributed by atoms with Crippen LogP contribution in [0.2, 0.25) is 0 Å². The lowest BCUT2D eigenvalue weighted by Crippen LogP contribution is -2.49. The second kappa shape index (κ2) is 12.0. The molecular formula is C29H35N3O5S. The summed E-state index contributed by atoms with van der Waals surface area (Å²) in [5.74, 6) is 0.0540. The lowest BCUT2D eigenvalue weighted by molar-refractivity contribution is 0.0341. The number of fused-ring (bicyclic) bond motifs is 1. The molecule has 3 atom stereocenters. The summed E-state index contributed by atoms with van der Waals surface area (Å²) in [7, 11) is -1.80. The second-order valence-electron chi connectivity index (χ2n) is 9.93. The predicted molar refractivity (Wildman–Crippen MR) is 148 cm³/mol. The normalized spacial score (nSPS) is 18.8. The summed E-state index contributed by atoms with van der Waals surface area (Å²) in [6.07, 6.45) is -0.240. The SMILES string of the molecule is C[C@H]1CN([C@@H](C)CO)C(=O)c2cc(NS(=O)(=O)c3ccccc3)ccc2O[C@@H]1CN(C)Cc1ccccc1. The minimum Gasteiger partial charge on any atom is -0.488 e. The van der Waals surface area contributed by atoms with Crippen molar-refractivity contribution < 1.29 is 23.1 Å². The summed E-state index contributed by atoms with van der Waals surface area (Å²) in [5.41, 5.74) is 1.70. The molecule has 4 rings (SSSR count). The van der Waals surface area contributed by atoms with Crippen LogP contribution in [0.3, 0.4) is 0 Å². The molecule has 1 heterocycles. The third-order valence-electron chi connectivity index (χ3n) is 6.76. The maximum absolute atomic E-state index is 13.6. The van der Waals surface area contributed by atoms with Crippen LogP contribution in [0.25, 0.3) is 0 Å². The van der Waals surface area contributed by atoms with Crippen molar-refractivity contribution in [3.8, 4) is 5.75 Å². The van der Waals surface area contributed by atoms with Crippen LogP contribution >= 0.6 is 0 Å². The van der Waals surface area contributed by atoms with E-state index in [1.807, 2.05) is 32.2 Å². The zero-order valence-electron chi connectivity index (χ0n) is 21.9. The number of hydrogen-bond acceptors (Lipinski definition) is 6. The summed E-state index contributed by atoms with van der Waals surface area (Å²) in [4.78, 5) is 17.6. The predicted octanol–water partition coefficient (Wildman–Crippen LogP) is 3.84. The van der Waals surface area contributed by atoms with Crippen molar-refractivity contribution >= 4 is 21.6 Å². The highest BCUT2D eigenvalue weighted by molar-refractivity contribution is 7.92. The number of aliphatic hydroxyl groups is 1. The van der Waals surface area contributed by atoms with Gasteiger partial charge in [0.15, 0.2) is 0 Å². The van der Waals surface area contributed by atoms with Crippen LogP contribution in [0.4, 0.5) is 5.69 Å². The van der Waals surface area contributed by atoms with E-state index in [1.54, 1.807) is 42.2 Å². The number of sulfonamides is 1. The maximum atomic E-state index is 13.6. The minimum absolute atomic E-state index is 0.0180. The Morgan fingerprint density at radius 1 is 1.08 bits per heavy atom. The van der Waals surface area contributed by atoms with Gasteiger partial charge in [0.25, 0.3) is 15.9 Å².